The number of carboxylic acid groups (broad SMARTS) is 1. The number of hydrogen-bond donors (Lipinski definition) is 3. The number of carbonyl (C=O) groups excluding carboxylic acids is 2. The molecule has 3 N–H and O–H groups in total. The van der Waals surface area contributed by atoms with Gasteiger partial charge in [0.2, 0.25) is 5.91 Å². The van der Waals surface area contributed by atoms with Gasteiger partial charge in [-0.15, -0.1) is 0 Å². The number of ether oxygens (including phenoxy) is 1. The van der Waals surface area contributed by atoms with Crippen LogP contribution in [0.25, 0.3) is 11.1 Å². The molecule has 0 spiro atoms. The van der Waals surface area contributed by atoms with E-state index in [0.717, 1.165) is 22.3 Å². The maximum absolute atomic E-state index is 12.9. The maximum Gasteiger partial charge on any atom is 0.407 e. The summed E-state index contributed by atoms with van der Waals surface area (Å²) in [5, 5.41) is 21.9. The predicted molar refractivity (Wildman–Crippen MR) is 121 cm³/mol. The fourth-order valence-corrected chi connectivity index (χ4v) is 4.65. The van der Waals surface area contributed by atoms with Crippen LogP contribution in [-0.4, -0.2) is 64.4 Å². The van der Waals surface area contributed by atoms with E-state index in [0.29, 0.717) is 6.42 Å². The molecule has 1 unspecified atom stereocenters. The fraction of sp³-hybridized carbons (Fsp3) is 0.400. The third kappa shape index (κ3) is 4.43. The molecule has 1 heterocycles. The van der Waals surface area contributed by atoms with E-state index in [9.17, 15) is 19.5 Å². The van der Waals surface area contributed by atoms with Crippen molar-refractivity contribution in [2.45, 2.75) is 43.7 Å². The first-order valence-electron chi connectivity index (χ1n) is 11.2. The van der Waals surface area contributed by atoms with Crippen LogP contribution in [0.5, 0.6) is 0 Å². The molecular weight excluding hydrogens is 424 g/mol. The summed E-state index contributed by atoms with van der Waals surface area (Å²) in [5.74, 6) is -1.66. The van der Waals surface area contributed by atoms with Crippen molar-refractivity contribution in [3.05, 3.63) is 59.7 Å². The Hall–Kier alpha value is -3.39. The van der Waals surface area contributed by atoms with Crippen molar-refractivity contribution in [1.29, 1.82) is 0 Å². The Balaban J connectivity index is 1.36. The monoisotopic (exact) mass is 452 g/mol. The van der Waals surface area contributed by atoms with Crippen molar-refractivity contribution in [3.8, 4) is 11.1 Å². The van der Waals surface area contributed by atoms with Crippen molar-refractivity contribution >= 4 is 18.0 Å². The van der Waals surface area contributed by atoms with E-state index in [1.807, 2.05) is 36.4 Å². The number of carboxylic acids is 1. The number of aliphatic carboxylic acids is 1. The molecule has 1 saturated heterocycles. The molecule has 1 fully saturated rings. The van der Waals surface area contributed by atoms with E-state index >= 15 is 0 Å². The van der Waals surface area contributed by atoms with E-state index in [-0.39, 0.29) is 44.4 Å². The summed E-state index contributed by atoms with van der Waals surface area (Å²) in [4.78, 5) is 38.1. The van der Waals surface area contributed by atoms with Gasteiger partial charge < -0.3 is 25.2 Å². The second-order valence-corrected chi connectivity index (χ2v) is 8.59. The largest absolute Gasteiger partial charge is 0.479 e. The molecule has 2 aliphatic rings. The zero-order chi connectivity index (χ0) is 23.6. The highest BCUT2D eigenvalue weighted by molar-refractivity contribution is 5.86. The van der Waals surface area contributed by atoms with Crippen LogP contribution in [0.4, 0.5) is 4.79 Å². The highest BCUT2D eigenvalue weighted by atomic mass is 16.5. The molecule has 4 rings (SSSR count). The van der Waals surface area contributed by atoms with Gasteiger partial charge in [-0.1, -0.05) is 55.5 Å². The number of fused-ring (bicyclic) bond motifs is 3. The average Bonchev–Trinajstić information content (AvgIpc) is 3.15. The number of rotatable bonds is 6. The van der Waals surface area contributed by atoms with Gasteiger partial charge in [-0.3, -0.25) is 4.79 Å². The Morgan fingerprint density at radius 3 is 2.12 bits per heavy atom. The molecule has 1 atom stereocenters. The van der Waals surface area contributed by atoms with Gasteiger partial charge >= 0.3 is 12.1 Å². The zero-order valence-corrected chi connectivity index (χ0v) is 18.5. The summed E-state index contributed by atoms with van der Waals surface area (Å²) >= 11 is 0. The molecule has 1 aliphatic heterocycles. The number of carbonyl (C=O) groups is 3. The van der Waals surface area contributed by atoms with Crippen molar-refractivity contribution in [3.63, 3.8) is 0 Å². The van der Waals surface area contributed by atoms with Crippen LogP contribution in [-0.2, 0) is 14.3 Å². The third-order valence-electron chi connectivity index (χ3n) is 6.64. The SMILES string of the molecule is CCC(NC(=O)OCC1c2ccccc2-c2ccccc21)C(=O)N1CCC(O)(C(=O)O)CC1. The van der Waals surface area contributed by atoms with Crippen molar-refractivity contribution in [2.24, 2.45) is 0 Å². The lowest BCUT2D eigenvalue weighted by Crippen LogP contribution is -2.55. The van der Waals surface area contributed by atoms with Gasteiger partial charge in [0.05, 0.1) is 0 Å². The molecule has 0 radical (unpaired) electrons. The summed E-state index contributed by atoms with van der Waals surface area (Å²) < 4.78 is 5.54. The molecule has 8 nitrogen and oxygen atoms in total. The minimum atomic E-state index is -1.81. The van der Waals surface area contributed by atoms with Crippen LogP contribution in [0.15, 0.2) is 48.5 Å². The Kier molecular flexibility index (Phi) is 6.37. The predicted octanol–water partition coefficient (Wildman–Crippen LogP) is 2.74. The average molecular weight is 453 g/mol. The molecule has 2 aromatic carbocycles. The zero-order valence-electron chi connectivity index (χ0n) is 18.5. The summed E-state index contributed by atoms with van der Waals surface area (Å²) in [6, 6.07) is 15.3. The van der Waals surface area contributed by atoms with E-state index in [1.54, 1.807) is 6.92 Å². The van der Waals surface area contributed by atoms with Crippen LogP contribution in [0, 0.1) is 0 Å². The normalized spacial score (nSPS) is 17.6. The lowest BCUT2D eigenvalue weighted by molar-refractivity contribution is -0.165. The quantitative estimate of drug-likeness (QED) is 0.621. The topological polar surface area (TPSA) is 116 Å². The highest BCUT2D eigenvalue weighted by Gasteiger charge is 2.41. The number of benzene rings is 2. The second kappa shape index (κ2) is 9.23. The summed E-state index contributed by atoms with van der Waals surface area (Å²) in [5.41, 5.74) is 2.67. The van der Waals surface area contributed by atoms with Crippen LogP contribution in [0.3, 0.4) is 0 Å². The van der Waals surface area contributed by atoms with E-state index in [4.69, 9.17) is 9.84 Å². The van der Waals surface area contributed by atoms with Crippen LogP contribution in [0.2, 0.25) is 0 Å². The van der Waals surface area contributed by atoms with Gasteiger partial charge in [0.1, 0.15) is 12.6 Å². The van der Waals surface area contributed by atoms with Gasteiger partial charge in [-0.2, -0.15) is 0 Å². The van der Waals surface area contributed by atoms with Gasteiger partial charge in [0.25, 0.3) is 0 Å². The van der Waals surface area contributed by atoms with Gasteiger partial charge in [-0.05, 0) is 28.7 Å². The Bertz CT molecular complexity index is 1010. The summed E-state index contributed by atoms with van der Waals surface area (Å²) in [6.45, 7) is 2.17. The first-order chi connectivity index (χ1) is 15.8. The number of amides is 2. The van der Waals surface area contributed by atoms with Crippen LogP contribution in [0.1, 0.15) is 43.2 Å². The molecule has 0 saturated carbocycles. The Morgan fingerprint density at radius 2 is 1.61 bits per heavy atom. The van der Waals surface area contributed by atoms with Crippen molar-refractivity contribution in [1.82, 2.24) is 10.2 Å². The molecular formula is C25H28N2O6. The van der Waals surface area contributed by atoms with E-state index in [2.05, 4.69) is 17.4 Å². The number of piperidine rings is 1. The molecule has 1 aliphatic carbocycles. The van der Waals surface area contributed by atoms with Gasteiger partial charge in [0, 0.05) is 31.8 Å². The van der Waals surface area contributed by atoms with Crippen molar-refractivity contribution in [2.75, 3.05) is 19.7 Å². The highest BCUT2D eigenvalue weighted by Crippen LogP contribution is 2.44. The fourth-order valence-electron chi connectivity index (χ4n) is 4.65. The smallest absolute Gasteiger partial charge is 0.407 e. The standard InChI is InChI=1S/C25H28N2O6/c1-2-21(22(28)27-13-11-25(32,12-14-27)23(29)30)26-24(31)33-15-20-18-9-5-3-7-16(18)17-8-4-6-10-19(17)20/h3-10,20-21,32H,2,11-15H2,1H3,(H,26,31)(H,29,30). The first-order valence-corrected chi connectivity index (χ1v) is 11.2. The number of nitrogens with one attached hydrogen (secondary N) is 1. The van der Waals surface area contributed by atoms with E-state index in [1.165, 1.54) is 4.90 Å². The number of likely N-dealkylation sites (tertiary alicyclic amines) is 1. The van der Waals surface area contributed by atoms with Gasteiger partial charge in [-0.25, -0.2) is 9.59 Å². The lowest BCUT2D eigenvalue weighted by Gasteiger charge is -2.36. The molecule has 174 valence electrons. The van der Waals surface area contributed by atoms with Crippen molar-refractivity contribution < 1.29 is 29.3 Å². The third-order valence-corrected chi connectivity index (χ3v) is 6.64. The lowest BCUT2D eigenvalue weighted by atomic mass is 9.91. The van der Waals surface area contributed by atoms with Crippen LogP contribution < -0.4 is 5.32 Å². The number of alkyl carbamates (subject to hydrolysis) is 1. The minimum absolute atomic E-state index is 0.0462. The second-order valence-electron chi connectivity index (χ2n) is 8.59. The number of aliphatic hydroxyl groups is 1. The van der Waals surface area contributed by atoms with E-state index < -0.39 is 23.7 Å². The molecule has 8 heteroatoms. The number of nitrogens with zero attached hydrogens (tertiary/aromatic N) is 1. The first kappa shape index (κ1) is 22.8. The minimum Gasteiger partial charge on any atom is -0.479 e. The molecule has 0 bridgehead atoms. The molecule has 2 amide bonds. The Labute approximate surface area is 192 Å². The molecule has 2 aromatic rings. The summed E-state index contributed by atoms with van der Waals surface area (Å²) in [7, 11) is 0. The maximum atomic E-state index is 12.9. The summed E-state index contributed by atoms with van der Waals surface area (Å²) in [6.07, 6.45) is -0.399. The molecule has 0 aromatic heterocycles. The van der Waals surface area contributed by atoms with Crippen LogP contribution >= 0.6 is 0 Å². The Morgan fingerprint density at radius 1 is 1.06 bits per heavy atom. The number of hydrogen-bond acceptors (Lipinski definition) is 5. The molecule has 33 heavy (non-hydrogen) atoms. The van der Waals surface area contributed by atoms with Gasteiger partial charge in [0.15, 0.2) is 5.60 Å².